The number of benzene rings is 3. The third-order valence-electron chi connectivity index (χ3n) is 4.94. The van der Waals surface area contributed by atoms with E-state index in [2.05, 4.69) is 0 Å². The monoisotopic (exact) mass is 569 g/mol. The second-order valence-electron chi connectivity index (χ2n) is 7.36. The van der Waals surface area contributed by atoms with Gasteiger partial charge >= 0.3 is 15.5 Å². The van der Waals surface area contributed by atoms with Gasteiger partial charge in [0, 0.05) is 6.04 Å². The van der Waals surface area contributed by atoms with E-state index < -0.39 is 72.5 Å². The Hall–Kier alpha value is -2.88. The largest absolute Gasteiger partial charge is 0.511 e. The molecule has 3 rings (SSSR count). The maximum Gasteiger partial charge on any atom is 0.511 e. The Balaban J connectivity index is 2.04. The van der Waals surface area contributed by atoms with Gasteiger partial charge in [-0.3, -0.25) is 0 Å². The minimum absolute atomic E-state index is 0.0314. The van der Waals surface area contributed by atoms with Gasteiger partial charge in [-0.1, -0.05) is 30.3 Å². The molecule has 194 valence electrons. The van der Waals surface area contributed by atoms with E-state index in [1.165, 1.54) is 10.8 Å². The molecule has 1 atom stereocenters. The van der Waals surface area contributed by atoms with Gasteiger partial charge in [0.15, 0.2) is 0 Å². The predicted molar refractivity (Wildman–Crippen MR) is 117 cm³/mol. The van der Waals surface area contributed by atoms with E-state index in [0.717, 1.165) is 55.5 Å². The minimum Gasteiger partial charge on any atom is -0.218 e. The average molecular weight is 570 g/mol. The Morgan fingerprint density at radius 2 is 1.17 bits per heavy atom. The molecule has 0 amide bonds. The minimum atomic E-state index is -5.68. The maximum absolute atomic E-state index is 14.2. The molecule has 0 saturated carbocycles. The van der Waals surface area contributed by atoms with Crippen molar-refractivity contribution in [2.45, 2.75) is 38.1 Å². The molecular weight excluding hydrogens is 553 g/mol. The first-order chi connectivity index (χ1) is 16.5. The number of alkyl halides is 3. The van der Waals surface area contributed by atoms with Gasteiger partial charge in [-0.05, 0) is 48.9 Å². The summed E-state index contributed by atoms with van der Waals surface area (Å²) in [6.45, 7) is 1.09. The maximum atomic E-state index is 14.2. The van der Waals surface area contributed by atoms with Crippen LogP contribution >= 0.6 is 0 Å². The zero-order chi connectivity index (χ0) is 27.1. The van der Waals surface area contributed by atoms with E-state index in [9.17, 15) is 47.2 Å². The molecular formula is C21H16F5NO6S3. The molecule has 7 nitrogen and oxygen atoms in total. The zero-order valence-corrected chi connectivity index (χ0v) is 20.4. The van der Waals surface area contributed by atoms with Crippen LogP contribution in [0, 0.1) is 11.6 Å². The normalized spacial score (nSPS) is 13.9. The molecule has 0 aliphatic rings. The predicted octanol–water partition coefficient (Wildman–Crippen LogP) is 4.13. The SMILES string of the molecule is C[C@H](NS(=O)(=O)C(F)(F)F)c1ccc(S(=O)(=O)c2ccccc2S(=O)(=O)c2c(F)cccc2F)cc1. The van der Waals surface area contributed by atoms with Crippen LogP contribution in [0.15, 0.2) is 86.3 Å². The molecule has 0 aliphatic heterocycles. The van der Waals surface area contributed by atoms with E-state index in [0.29, 0.717) is 12.1 Å². The van der Waals surface area contributed by atoms with Crippen LogP contribution in [0.25, 0.3) is 0 Å². The highest BCUT2D eigenvalue weighted by Gasteiger charge is 2.46. The van der Waals surface area contributed by atoms with Crippen LogP contribution < -0.4 is 4.72 Å². The van der Waals surface area contributed by atoms with Crippen LogP contribution in [-0.4, -0.2) is 30.8 Å². The Morgan fingerprint density at radius 3 is 1.64 bits per heavy atom. The lowest BCUT2D eigenvalue weighted by Crippen LogP contribution is -2.37. The van der Waals surface area contributed by atoms with Crippen LogP contribution in [0.4, 0.5) is 22.0 Å². The summed E-state index contributed by atoms with van der Waals surface area (Å²) in [6, 6.07) is 8.95. The fourth-order valence-corrected chi connectivity index (χ4v) is 7.37. The second-order valence-corrected chi connectivity index (χ2v) is 12.8. The smallest absolute Gasteiger partial charge is 0.218 e. The number of rotatable bonds is 7. The lowest BCUT2D eigenvalue weighted by atomic mass is 10.1. The number of hydrogen-bond donors (Lipinski definition) is 1. The quantitative estimate of drug-likeness (QED) is 0.428. The molecule has 36 heavy (non-hydrogen) atoms. The van der Waals surface area contributed by atoms with E-state index >= 15 is 0 Å². The van der Waals surface area contributed by atoms with Crippen molar-refractivity contribution in [2.24, 2.45) is 0 Å². The molecule has 3 aromatic rings. The lowest BCUT2D eigenvalue weighted by Gasteiger charge is -2.17. The molecule has 0 bridgehead atoms. The van der Waals surface area contributed by atoms with Gasteiger partial charge in [-0.25, -0.2) is 38.8 Å². The number of sulfone groups is 2. The lowest BCUT2D eigenvalue weighted by molar-refractivity contribution is -0.0450. The number of sulfonamides is 1. The van der Waals surface area contributed by atoms with Gasteiger partial charge in [0.2, 0.25) is 19.7 Å². The molecule has 0 unspecified atom stereocenters. The van der Waals surface area contributed by atoms with Crippen LogP contribution in [-0.2, 0) is 29.7 Å². The summed E-state index contributed by atoms with van der Waals surface area (Å²) in [7, 11) is -15.3. The number of hydrogen-bond acceptors (Lipinski definition) is 6. The van der Waals surface area contributed by atoms with Crippen LogP contribution in [0.1, 0.15) is 18.5 Å². The molecule has 15 heteroatoms. The van der Waals surface area contributed by atoms with Crippen molar-refractivity contribution in [2.75, 3.05) is 0 Å². The third kappa shape index (κ3) is 5.14. The van der Waals surface area contributed by atoms with Gasteiger partial charge in [-0.15, -0.1) is 0 Å². The standard InChI is InChI=1S/C21H16F5NO6S3/c1-13(27-36(32,33)21(24,25)26)14-9-11-15(12-10-14)34(28,29)18-7-2-3-8-19(18)35(30,31)20-16(22)5-4-6-17(20)23/h2-13,27H,1H3/t13-/m0/s1. The first kappa shape index (κ1) is 27.7. The van der Waals surface area contributed by atoms with Gasteiger partial charge in [0.25, 0.3) is 0 Å². The van der Waals surface area contributed by atoms with Crippen molar-refractivity contribution in [1.82, 2.24) is 4.72 Å². The zero-order valence-electron chi connectivity index (χ0n) is 18.0. The van der Waals surface area contributed by atoms with Gasteiger partial charge < -0.3 is 0 Å². The van der Waals surface area contributed by atoms with Gasteiger partial charge in [-0.2, -0.15) is 13.2 Å². The van der Waals surface area contributed by atoms with Crippen molar-refractivity contribution < 1.29 is 47.2 Å². The highest BCUT2D eigenvalue weighted by atomic mass is 32.2. The van der Waals surface area contributed by atoms with Crippen LogP contribution in [0.3, 0.4) is 0 Å². The highest BCUT2D eigenvalue weighted by Crippen LogP contribution is 2.33. The molecule has 0 heterocycles. The summed E-state index contributed by atoms with van der Waals surface area (Å²) < 4.78 is 143. The molecule has 0 aliphatic carbocycles. The topological polar surface area (TPSA) is 114 Å². The molecule has 1 N–H and O–H groups in total. The van der Waals surface area contributed by atoms with Gasteiger partial charge in [0.05, 0.1) is 14.7 Å². The first-order valence-corrected chi connectivity index (χ1v) is 14.2. The fraction of sp³-hybridized carbons (Fsp3) is 0.143. The highest BCUT2D eigenvalue weighted by molar-refractivity contribution is 7.94. The molecule has 0 saturated heterocycles. The fourth-order valence-electron chi connectivity index (χ4n) is 3.17. The van der Waals surface area contributed by atoms with Crippen LogP contribution in [0.5, 0.6) is 0 Å². The number of halogens is 5. The summed E-state index contributed by atoms with van der Waals surface area (Å²) in [5.41, 5.74) is -5.59. The van der Waals surface area contributed by atoms with Crippen molar-refractivity contribution >= 4 is 29.7 Å². The molecule has 3 aromatic carbocycles. The molecule has 0 radical (unpaired) electrons. The Bertz CT molecular complexity index is 1600. The summed E-state index contributed by atoms with van der Waals surface area (Å²) in [5.74, 6) is -2.86. The third-order valence-corrected chi connectivity index (χ3v) is 10.0. The average Bonchev–Trinajstić information content (AvgIpc) is 2.78. The van der Waals surface area contributed by atoms with Crippen LogP contribution in [0.2, 0.25) is 0 Å². The summed E-state index contributed by atoms with van der Waals surface area (Å²) in [4.78, 5) is -3.54. The summed E-state index contributed by atoms with van der Waals surface area (Å²) in [6.07, 6.45) is 0. The Morgan fingerprint density at radius 1 is 0.694 bits per heavy atom. The Labute approximate surface area is 203 Å². The molecule has 0 fully saturated rings. The summed E-state index contributed by atoms with van der Waals surface area (Å²) >= 11 is 0. The van der Waals surface area contributed by atoms with E-state index in [4.69, 9.17) is 0 Å². The number of nitrogens with one attached hydrogen (secondary N) is 1. The van der Waals surface area contributed by atoms with Gasteiger partial charge in [0.1, 0.15) is 16.5 Å². The first-order valence-electron chi connectivity index (χ1n) is 9.72. The molecule has 0 aromatic heterocycles. The van der Waals surface area contributed by atoms with E-state index in [1.54, 1.807) is 0 Å². The van der Waals surface area contributed by atoms with Crippen molar-refractivity contribution in [1.29, 1.82) is 0 Å². The van der Waals surface area contributed by atoms with Crippen molar-refractivity contribution in [3.63, 3.8) is 0 Å². The van der Waals surface area contributed by atoms with Crippen molar-refractivity contribution in [3.8, 4) is 0 Å². The van der Waals surface area contributed by atoms with E-state index in [-0.39, 0.29) is 5.56 Å². The Kier molecular flexibility index (Phi) is 7.34. The van der Waals surface area contributed by atoms with Crippen molar-refractivity contribution in [3.05, 3.63) is 83.9 Å². The molecule has 0 spiro atoms. The summed E-state index contributed by atoms with van der Waals surface area (Å²) in [5, 5.41) is 0. The second kappa shape index (κ2) is 9.53. The van der Waals surface area contributed by atoms with E-state index in [1.807, 2.05) is 0 Å².